The Kier molecular flexibility index (Phi) is 4.92. The molecule has 0 bridgehead atoms. The molecule has 1 fully saturated rings. The van der Waals surface area contributed by atoms with E-state index in [-0.39, 0.29) is 5.69 Å². The van der Waals surface area contributed by atoms with E-state index >= 15 is 0 Å². The molecule has 0 spiro atoms. The molecule has 3 aromatic rings. The number of nitrogens with one attached hydrogen (secondary N) is 4. The van der Waals surface area contributed by atoms with Crippen molar-refractivity contribution in [2.24, 2.45) is 0 Å². The maximum atomic E-state index is 14.0. The molecule has 1 atom stereocenters. The lowest BCUT2D eigenvalue weighted by Crippen LogP contribution is -2.49. The molecule has 1 aromatic heterocycles. The second kappa shape index (κ2) is 7.46. The van der Waals surface area contributed by atoms with Crippen LogP contribution >= 0.6 is 0 Å². The van der Waals surface area contributed by atoms with E-state index in [9.17, 15) is 18.8 Å². The van der Waals surface area contributed by atoms with Gasteiger partial charge in [0.2, 0.25) is 0 Å². The molecule has 1 saturated heterocycles. The zero-order chi connectivity index (χ0) is 22.3. The number of H-pyrrole nitrogens is 1. The highest BCUT2D eigenvalue weighted by Gasteiger charge is 2.51. The third kappa shape index (κ3) is 3.60. The molecular weight excluding hydrogens is 400 g/mol. The molecule has 1 aliphatic rings. The molecule has 0 radical (unpaired) electrons. The van der Waals surface area contributed by atoms with E-state index in [0.717, 1.165) is 22.9 Å². The Hall–Kier alpha value is -3.82. The highest BCUT2D eigenvalue weighted by molar-refractivity contribution is 6.32. The highest BCUT2D eigenvalue weighted by atomic mass is 19.1. The molecule has 2 heterocycles. The summed E-state index contributed by atoms with van der Waals surface area (Å²) in [4.78, 5) is 40.9. The minimum atomic E-state index is -1.40. The van der Waals surface area contributed by atoms with Gasteiger partial charge in [-0.25, -0.2) is 19.4 Å². The van der Waals surface area contributed by atoms with Crippen molar-refractivity contribution in [3.8, 4) is 0 Å². The Labute approximate surface area is 178 Å². The minimum Gasteiger partial charge on any atom is -0.356 e. The summed E-state index contributed by atoms with van der Waals surface area (Å²) in [5.41, 5.74) is 3.88. The summed E-state index contributed by atoms with van der Waals surface area (Å²) in [7, 11) is 1.72. The number of carbonyl (C=O) groups is 3. The van der Waals surface area contributed by atoms with Crippen molar-refractivity contribution in [3.05, 3.63) is 59.5 Å². The number of aromatic amines is 1. The summed E-state index contributed by atoms with van der Waals surface area (Å²) in [6.07, 6.45) is 0.873. The van der Waals surface area contributed by atoms with Gasteiger partial charge in [0.1, 0.15) is 13.7 Å². The van der Waals surface area contributed by atoms with Crippen LogP contribution < -0.4 is 21.5 Å². The number of hydrogen-bond donors (Lipinski definition) is 4. The molecule has 158 valence electrons. The first-order chi connectivity index (χ1) is 14.7. The van der Waals surface area contributed by atoms with Crippen LogP contribution in [-0.2, 0) is 16.8 Å². The molecule has 8 nitrogen and oxygen atoms in total. The molecule has 1 aliphatic heterocycles. The van der Waals surface area contributed by atoms with Crippen molar-refractivity contribution in [1.29, 1.82) is 0 Å². The number of aromatic nitrogens is 1. The van der Waals surface area contributed by atoms with Gasteiger partial charge in [-0.3, -0.25) is 4.79 Å². The topological polar surface area (TPSA) is 106 Å². The molecule has 4 N–H and O–H groups in total. The standard InChI is InChI=1S/C21H21BFN5O3/c1-3-11-4-6-15-12(8-11)9-17(24-15)21(2)18(29)28(20(31)26-21)27-19(30)25-16-7-5-13(22)10-14(16)23/h4-10,24H,3,22H2,1-2H3,(H,26,31)(H2,25,27,30). The van der Waals surface area contributed by atoms with Gasteiger partial charge in [-0.2, -0.15) is 5.01 Å². The maximum absolute atomic E-state index is 14.0. The van der Waals surface area contributed by atoms with Gasteiger partial charge in [0, 0.05) is 10.9 Å². The van der Waals surface area contributed by atoms with Crippen LogP contribution in [0.2, 0.25) is 0 Å². The normalized spacial score (nSPS) is 18.4. The average molecular weight is 421 g/mol. The number of urea groups is 2. The first-order valence-electron chi connectivity index (χ1n) is 9.84. The van der Waals surface area contributed by atoms with Crippen LogP contribution in [0.1, 0.15) is 25.1 Å². The van der Waals surface area contributed by atoms with Gasteiger partial charge in [-0.1, -0.05) is 24.5 Å². The van der Waals surface area contributed by atoms with E-state index in [1.807, 2.05) is 25.1 Å². The summed E-state index contributed by atoms with van der Waals surface area (Å²) in [5, 5.41) is 6.41. The van der Waals surface area contributed by atoms with Crippen LogP contribution in [-0.4, -0.2) is 35.8 Å². The van der Waals surface area contributed by atoms with E-state index in [0.29, 0.717) is 16.2 Å². The van der Waals surface area contributed by atoms with Gasteiger partial charge in [-0.15, -0.1) is 0 Å². The fraction of sp³-hybridized carbons (Fsp3) is 0.190. The second-order valence-corrected chi connectivity index (χ2v) is 7.70. The quantitative estimate of drug-likeness (QED) is 0.380. The van der Waals surface area contributed by atoms with E-state index in [2.05, 4.69) is 21.0 Å². The molecule has 2 aromatic carbocycles. The first kappa shape index (κ1) is 20.5. The number of nitrogens with zero attached hydrogens (tertiary/aromatic N) is 1. The van der Waals surface area contributed by atoms with E-state index in [1.165, 1.54) is 12.1 Å². The zero-order valence-corrected chi connectivity index (χ0v) is 17.3. The number of anilines is 1. The van der Waals surface area contributed by atoms with Crippen LogP contribution in [0.25, 0.3) is 10.9 Å². The van der Waals surface area contributed by atoms with E-state index in [4.69, 9.17) is 0 Å². The molecular formula is C21H21BFN5O3. The van der Waals surface area contributed by atoms with Gasteiger partial charge in [0.25, 0.3) is 5.91 Å². The summed E-state index contributed by atoms with van der Waals surface area (Å²) in [6, 6.07) is 10.3. The molecule has 0 saturated carbocycles. The van der Waals surface area contributed by atoms with Crippen molar-refractivity contribution in [1.82, 2.24) is 20.7 Å². The Morgan fingerprint density at radius 2 is 1.97 bits per heavy atom. The van der Waals surface area contributed by atoms with Crippen LogP contribution in [0.3, 0.4) is 0 Å². The Bertz CT molecular complexity index is 1230. The lowest BCUT2D eigenvalue weighted by Gasteiger charge is -2.20. The highest BCUT2D eigenvalue weighted by Crippen LogP contribution is 2.30. The maximum Gasteiger partial charge on any atom is 0.344 e. The number of rotatable bonds is 4. The van der Waals surface area contributed by atoms with Gasteiger partial charge in [0.15, 0.2) is 5.54 Å². The molecule has 5 amide bonds. The fourth-order valence-electron chi connectivity index (χ4n) is 3.57. The first-order valence-corrected chi connectivity index (χ1v) is 9.84. The van der Waals surface area contributed by atoms with Crippen LogP contribution in [0.5, 0.6) is 0 Å². The third-order valence-corrected chi connectivity index (χ3v) is 5.41. The largest absolute Gasteiger partial charge is 0.356 e. The number of hydrazine groups is 1. The van der Waals surface area contributed by atoms with Crippen LogP contribution in [0, 0.1) is 5.82 Å². The van der Waals surface area contributed by atoms with E-state index < -0.39 is 29.3 Å². The van der Waals surface area contributed by atoms with Crippen molar-refractivity contribution in [2.45, 2.75) is 25.8 Å². The Morgan fingerprint density at radius 1 is 1.19 bits per heavy atom. The third-order valence-electron chi connectivity index (χ3n) is 5.41. The number of fused-ring (bicyclic) bond motifs is 1. The number of carbonyl (C=O) groups excluding carboxylic acids is 3. The predicted molar refractivity (Wildman–Crippen MR) is 117 cm³/mol. The summed E-state index contributed by atoms with van der Waals surface area (Å²) in [6.45, 7) is 3.60. The number of hydrogen-bond acceptors (Lipinski definition) is 3. The van der Waals surface area contributed by atoms with Gasteiger partial charge >= 0.3 is 12.1 Å². The monoisotopic (exact) mass is 421 g/mol. The number of imide groups is 1. The lowest BCUT2D eigenvalue weighted by atomic mass is 9.96. The fourth-order valence-corrected chi connectivity index (χ4v) is 3.57. The van der Waals surface area contributed by atoms with E-state index in [1.54, 1.807) is 26.9 Å². The molecule has 10 heteroatoms. The second-order valence-electron chi connectivity index (χ2n) is 7.70. The Balaban J connectivity index is 1.54. The SMILES string of the molecule is Bc1ccc(NC(=O)NN2C(=O)NC(C)(c3cc4cc(CC)ccc4[nH]3)C2=O)c(F)c1. The number of aryl methyl sites for hydroxylation is 1. The zero-order valence-electron chi connectivity index (χ0n) is 17.3. The molecule has 31 heavy (non-hydrogen) atoms. The smallest absolute Gasteiger partial charge is 0.344 e. The summed E-state index contributed by atoms with van der Waals surface area (Å²) >= 11 is 0. The number of amides is 5. The molecule has 1 unspecified atom stereocenters. The van der Waals surface area contributed by atoms with Crippen LogP contribution in [0.4, 0.5) is 19.7 Å². The van der Waals surface area contributed by atoms with Gasteiger partial charge < -0.3 is 15.6 Å². The van der Waals surface area contributed by atoms with Gasteiger partial charge in [-0.05, 0) is 49.2 Å². The minimum absolute atomic E-state index is 0.0692. The average Bonchev–Trinajstić information content (AvgIpc) is 3.25. The number of halogens is 1. The van der Waals surface area contributed by atoms with Crippen molar-refractivity contribution in [2.75, 3.05) is 5.32 Å². The van der Waals surface area contributed by atoms with Crippen molar-refractivity contribution in [3.63, 3.8) is 0 Å². The van der Waals surface area contributed by atoms with Crippen LogP contribution in [0.15, 0.2) is 42.5 Å². The number of benzene rings is 2. The molecule has 0 aliphatic carbocycles. The molecule has 4 rings (SSSR count). The summed E-state index contributed by atoms with van der Waals surface area (Å²) in [5.74, 6) is -1.29. The van der Waals surface area contributed by atoms with Gasteiger partial charge in [0.05, 0.1) is 11.4 Å². The lowest BCUT2D eigenvalue weighted by molar-refractivity contribution is -0.132. The summed E-state index contributed by atoms with van der Waals surface area (Å²) < 4.78 is 14.0. The van der Waals surface area contributed by atoms with Crippen molar-refractivity contribution >= 4 is 47.9 Å². The Morgan fingerprint density at radius 3 is 2.68 bits per heavy atom. The van der Waals surface area contributed by atoms with Crippen molar-refractivity contribution < 1.29 is 18.8 Å². The predicted octanol–water partition coefficient (Wildman–Crippen LogP) is 1.63.